The lowest BCUT2D eigenvalue weighted by Crippen LogP contribution is -2.12. The second-order valence-electron chi connectivity index (χ2n) is 24.6. The van der Waals surface area contributed by atoms with Crippen molar-refractivity contribution in [1.29, 1.82) is 0 Å². The van der Waals surface area contributed by atoms with E-state index in [0.717, 1.165) is 11.8 Å². The summed E-state index contributed by atoms with van der Waals surface area (Å²) in [7, 11) is 0. The summed E-state index contributed by atoms with van der Waals surface area (Å²) in [6, 6.07) is 0. The zero-order valence-electron chi connectivity index (χ0n) is 50.4. The standard InChI is InChI=1S/C70H142/c1-5-8-11-14-17-20-23-26-29-32-35-37-40-43-46-49-52-55-58-61-64-67-70(68-65-62-59-56-53-50-47-44-41-38-36-33-30-27-24-21-18-15-12-9-6-2)69(4)66-63-60-57-54-51-48-45-42-39-34-31-28-25-22-19-16-13-10-7-3/h69-70H,5-68H2,1-4H3. The maximum atomic E-state index is 2.66. The molecule has 0 aromatic heterocycles. The highest BCUT2D eigenvalue weighted by Gasteiger charge is 2.17. The average Bonchev–Trinajstić information content (AvgIpc) is 3.37. The van der Waals surface area contributed by atoms with Gasteiger partial charge in [0.2, 0.25) is 0 Å². The first kappa shape index (κ1) is 70.0. The first-order valence-corrected chi connectivity index (χ1v) is 34.8. The lowest BCUT2D eigenvalue weighted by Gasteiger charge is -2.24. The Morgan fingerprint density at radius 1 is 0.143 bits per heavy atom. The molecule has 0 fully saturated rings. The molecule has 0 amide bonds. The van der Waals surface area contributed by atoms with E-state index in [2.05, 4.69) is 27.7 Å². The smallest absolute Gasteiger partial charge is 0.0388 e. The van der Waals surface area contributed by atoms with Crippen LogP contribution in [0.25, 0.3) is 0 Å². The Bertz CT molecular complexity index is 812. The minimum absolute atomic E-state index is 0.945. The highest BCUT2D eigenvalue weighted by molar-refractivity contribution is 4.69. The van der Waals surface area contributed by atoms with Crippen LogP contribution in [0.5, 0.6) is 0 Å². The van der Waals surface area contributed by atoms with Gasteiger partial charge in [-0.3, -0.25) is 0 Å². The lowest BCUT2D eigenvalue weighted by molar-refractivity contribution is 0.274. The van der Waals surface area contributed by atoms with E-state index >= 15 is 0 Å². The molecule has 0 aliphatic carbocycles. The Balaban J connectivity index is 4.08. The summed E-state index contributed by atoms with van der Waals surface area (Å²) < 4.78 is 0. The molecule has 1 unspecified atom stereocenters. The van der Waals surface area contributed by atoms with Crippen LogP contribution in [0.3, 0.4) is 0 Å². The van der Waals surface area contributed by atoms with E-state index in [-0.39, 0.29) is 0 Å². The largest absolute Gasteiger partial charge is 0.0654 e. The van der Waals surface area contributed by atoms with Crippen molar-refractivity contribution in [3.05, 3.63) is 0 Å². The van der Waals surface area contributed by atoms with Crippen molar-refractivity contribution in [1.82, 2.24) is 0 Å². The summed E-state index contributed by atoms with van der Waals surface area (Å²) in [6.45, 7) is 9.63. The molecule has 422 valence electrons. The van der Waals surface area contributed by atoms with Gasteiger partial charge in [0.25, 0.3) is 0 Å². The highest BCUT2D eigenvalue weighted by Crippen LogP contribution is 2.30. The molecule has 0 spiro atoms. The molecule has 0 aliphatic rings. The summed E-state index contributed by atoms with van der Waals surface area (Å²) in [5, 5.41) is 0. The fraction of sp³-hybridized carbons (Fsp3) is 1.00. The Hall–Kier alpha value is 0. The average molecular weight is 984 g/mol. The summed E-state index contributed by atoms with van der Waals surface area (Å²) in [6.07, 6.45) is 95.1. The third kappa shape index (κ3) is 60.6. The van der Waals surface area contributed by atoms with Crippen LogP contribution in [-0.4, -0.2) is 0 Å². The third-order valence-corrected chi connectivity index (χ3v) is 17.4. The van der Waals surface area contributed by atoms with Crippen molar-refractivity contribution in [2.75, 3.05) is 0 Å². The number of hydrogen-bond acceptors (Lipinski definition) is 0. The zero-order chi connectivity index (χ0) is 50.4. The second kappa shape index (κ2) is 65.1. The summed E-state index contributed by atoms with van der Waals surface area (Å²) in [5.74, 6) is 1.94. The van der Waals surface area contributed by atoms with Crippen LogP contribution < -0.4 is 0 Å². The maximum Gasteiger partial charge on any atom is -0.0388 e. The molecule has 0 saturated heterocycles. The van der Waals surface area contributed by atoms with Gasteiger partial charge in [0.05, 0.1) is 0 Å². The van der Waals surface area contributed by atoms with Crippen LogP contribution in [0, 0.1) is 11.8 Å². The van der Waals surface area contributed by atoms with Gasteiger partial charge in [0.15, 0.2) is 0 Å². The monoisotopic (exact) mass is 983 g/mol. The van der Waals surface area contributed by atoms with Gasteiger partial charge < -0.3 is 0 Å². The molecule has 0 heteroatoms. The predicted octanol–water partition coefficient (Wildman–Crippen LogP) is 27.3. The van der Waals surface area contributed by atoms with Gasteiger partial charge in [-0.1, -0.05) is 439 Å². The molecule has 0 aromatic rings. The van der Waals surface area contributed by atoms with Crippen LogP contribution in [0.4, 0.5) is 0 Å². The van der Waals surface area contributed by atoms with E-state index in [1.807, 2.05) is 0 Å². The van der Waals surface area contributed by atoms with Crippen LogP contribution in [0.2, 0.25) is 0 Å². The van der Waals surface area contributed by atoms with E-state index < -0.39 is 0 Å². The SMILES string of the molecule is CCCCCCCCCCCCCCCCCCCCCCCC(CCCCCCCCCCCCCCCCCCCCCCC)C(C)CCCCCCCCCCCCCCCCCCCCC. The van der Waals surface area contributed by atoms with Gasteiger partial charge in [-0.25, -0.2) is 0 Å². The normalized spacial score (nSPS) is 12.3. The zero-order valence-corrected chi connectivity index (χ0v) is 50.4. The number of unbranched alkanes of at least 4 members (excludes halogenated alkanes) is 58. The van der Waals surface area contributed by atoms with Crippen LogP contribution >= 0.6 is 0 Å². The van der Waals surface area contributed by atoms with Crippen LogP contribution in [-0.2, 0) is 0 Å². The van der Waals surface area contributed by atoms with Crippen molar-refractivity contribution in [2.24, 2.45) is 11.8 Å². The first-order valence-electron chi connectivity index (χ1n) is 34.8. The van der Waals surface area contributed by atoms with Crippen molar-refractivity contribution in [3.8, 4) is 0 Å². The van der Waals surface area contributed by atoms with Crippen molar-refractivity contribution >= 4 is 0 Å². The Labute approximate surface area is 448 Å². The fourth-order valence-corrected chi connectivity index (χ4v) is 12.2. The summed E-state index contributed by atoms with van der Waals surface area (Å²) in [5.41, 5.74) is 0. The summed E-state index contributed by atoms with van der Waals surface area (Å²) >= 11 is 0. The van der Waals surface area contributed by atoms with Gasteiger partial charge >= 0.3 is 0 Å². The molecule has 0 rings (SSSR count). The number of rotatable bonds is 65. The molecule has 1 atom stereocenters. The van der Waals surface area contributed by atoms with Gasteiger partial charge in [-0.15, -0.1) is 0 Å². The quantitative estimate of drug-likeness (QED) is 0.0533. The second-order valence-corrected chi connectivity index (χ2v) is 24.6. The van der Waals surface area contributed by atoms with Crippen molar-refractivity contribution in [3.63, 3.8) is 0 Å². The van der Waals surface area contributed by atoms with Crippen molar-refractivity contribution < 1.29 is 0 Å². The Morgan fingerprint density at radius 2 is 0.257 bits per heavy atom. The molecule has 0 N–H and O–H groups in total. The molecule has 0 aromatic carbocycles. The van der Waals surface area contributed by atoms with E-state index in [0.29, 0.717) is 0 Å². The van der Waals surface area contributed by atoms with Gasteiger partial charge in [0.1, 0.15) is 0 Å². The minimum atomic E-state index is 0.945. The van der Waals surface area contributed by atoms with E-state index in [1.54, 1.807) is 0 Å². The minimum Gasteiger partial charge on any atom is -0.0654 e. The molecular weight excluding hydrogens is 841 g/mol. The van der Waals surface area contributed by atoms with E-state index in [1.165, 1.54) is 411 Å². The topological polar surface area (TPSA) is 0 Å². The molecule has 0 nitrogen and oxygen atoms in total. The van der Waals surface area contributed by atoms with Crippen LogP contribution in [0.15, 0.2) is 0 Å². The predicted molar refractivity (Wildman–Crippen MR) is 325 cm³/mol. The molecule has 0 saturated carbocycles. The molecule has 0 radical (unpaired) electrons. The molecule has 70 heavy (non-hydrogen) atoms. The van der Waals surface area contributed by atoms with Gasteiger partial charge in [-0.2, -0.15) is 0 Å². The fourth-order valence-electron chi connectivity index (χ4n) is 12.2. The molecule has 0 bridgehead atoms. The lowest BCUT2D eigenvalue weighted by atomic mass is 9.81. The first-order chi connectivity index (χ1) is 34.8. The van der Waals surface area contributed by atoms with E-state index in [4.69, 9.17) is 0 Å². The third-order valence-electron chi connectivity index (χ3n) is 17.4. The van der Waals surface area contributed by atoms with Gasteiger partial charge in [0, 0.05) is 0 Å². The van der Waals surface area contributed by atoms with Crippen LogP contribution in [0.1, 0.15) is 439 Å². The Kier molecular flexibility index (Phi) is 65.1. The van der Waals surface area contributed by atoms with Gasteiger partial charge in [-0.05, 0) is 11.8 Å². The number of hydrogen-bond donors (Lipinski definition) is 0. The Morgan fingerprint density at radius 3 is 0.400 bits per heavy atom. The molecule has 0 aliphatic heterocycles. The maximum absolute atomic E-state index is 2.66. The molecule has 0 heterocycles. The van der Waals surface area contributed by atoms with E-state index in [9.17, 15) is 0 Å². The molecular formula is C70H142. The van der Waals surface area contributed by atoms with Crippen molar-refractivity contribution in [2.45, 2.75) is 439 Å². The highest BCUT2D eigenvalue weighted by atomic mass is 14.2. The summed E-state index contributed by atoms with van der Waals surface area (Å²) in [4.78, 5) is 0.